The van der Waals surface area contributed by atoms with Crippen molar-refractivity contribution in [3.05, 3.63) is 29.8 Å². The zero-order valence-electron chi connectivity index (χ0n) is 12.3. The molecule has 1 aromatic carbocycles. The number of rotatable bonds is 5. The monoisotopic (exact) mass is 276 g/mol. The highest BCUT2D eigenvalue weighted by Crippen LogP contribution is 2.24. The molecule has 1 aliphatic heterocycles. The van der Waals surface area contributed by atoms with E-state index >= 15 is 0 Å². The summed E-state index contributed by atoms with van der Waals surface area (Å²) in [7, 11) is 0. The van der Waals surface area contributed by atoms with E-state index in [1.807, 2.05) is 29.2 Å². The molecular formula is C16H24N2O2. The summed E-state index contributed by atoms with van der Waals surface area (Å²) in [6.07, 6.45) is 1.78. The number of anilines is 1. The molecule has 1 saturated heterocycles. The van der Waals surface area contributed by atoms with E-state index in [1.54, 1.807) is 0 Å². The molecule has 0 aromatic heterocycles. The molecule has 0 spiro atoms. The smallest absolute Gasteiger partial charge is 0.255 e. The number of amides is 1. The van der Waals surface area contributed by atoms with Gasteiger partial charge in [0.15, 0.2) is 0 Å². The summed E-state index contributed by atoms with van der Waals surface area (Å²) in [4.78, 5) is 14.5. The van der Waals surface area contributed by atoms with E-state index in [0.717, 1.165) is 37.2 Å². The number of carbonyl (C=O) groups excluding carboxylic acids is 1. The second-order valence-corrected chi connectivity index (χ2v) is 5.76. The van der Waals surface area contributed by atoms with Crippen LogP contribution in [-0.4, -0.2) is 41.7 Å². The predicted octanol–water partition coefficient (Wildman–Crippen LogP) is 2.35. The minimum Gasteiger partial charge on any atom is -0.396 e. The molecule has 1 fully saturated rings. The normalized spacial score (nSPS) is 18.6. The first-order valence-electron chi connectivity index (χ1n) is 7.37. The molecule has 0 radical (unpaired) electrons. The number of carbonyl (C=O) groups is 1. The molecule has 1 aromatic rings. The van der Waals surface area contributed by atoms with Crippen LogP contribution in [-0.2, 0) is 0 Å². The molecule has 2 rings (SSSR count). The molecule has 1 aliphatic rings. The third-order valence-electron chi connectivity index (χ3n) is 3.71. The Bertz CT molecular complexity index is 460. The highest BCUT2D eigenvalue weighted by molar-refractivity contribution is 5.99. The fraction of sp³-hybridized carbons (Fsp3) is 0.562. The molecule has 1 atom stereocenters. The predicted molar refractivity (Wildman–Crippen MR) is 80.9 cm³/mol. The fourth-order valence-electron chi connectivity index (χ4n) is 2.71. The van der Waals surface area contributed by atoms with Crippen LogP contribution in [0.15, 0.2) is 24.3 Å². The van der Waals surface area contributed by atoms with Gasteiger partial charge in [-0.3, -0.25) is 4.79 Å². The van der Waals surface area contributed by atoms with Gasteiger partial charge in [0.25, 0.3) is 5.91 Å². The number of nitrogens with one attached hydrogen (secondary N) is 1. The SMILES string of the molecule is CC(C)Nc1ccccc1C(=O)N1CCC(CCO)C1. The Morgan fingerprint density at radius 3 is 2.90 bits per heavy atom. The van der Waals surface area contributed by atoms with Crippen LogP contribution in [0.5, 0.6) is 0 Å². The van der Waals surface area contributed by atoms with Crippen molar-refractivity contribution < 1.29 is 9.90 Å². The summed E-state index contributed by atoms with van der Waals surface area (Å²) in [5.41, 5.74) is 1.64. The van der Waals surface area contributed by atoms with E-state index in [2.05, 4.69) is 19.2 Å². The van der Waals surface area contributed by atoms with Gasteiger partial charge >= 0.3 is 0 Å². The van der Waals surface area contributed by atoms with E-state index in [-0.39, 0.29) is 12.5 Å². The van der Waals surface area contributed by atoms with Gasteiger partial charge in [-0.2, -0.15) is 0 Å². The molecule has 110 valence electrons. The van der Waals surface area contributed by atoms with Crippen LogP contribution < -0.4 is 5.32 Å². The van der Waals surface area contributed by atoms with Crippen LogP contribution in [0, 0.1) is 5.92 Å². The molecule has 0 bridgehead atoms. The summed E-state index contributed by atoms with van der Waals surface area (Å²) in [6, 6.07) is 7.98. The van der Waals surface area contributed by atoms with Crippen LogP contribution in [0.3, 0.4) is 0 Å². The van der Waals surface area contributed by atoms with Gasteiger partial charge in [0.2, 0.25) is 0 Å². The van der Waals surface area contributed by atoms with E-state index in [9.17, 15) is 4.79 Å². The molecule has 1 amide bonds. The summed E-state index contributed by atoms with van der Waals surface area (Å²) < 4.78 is 0. The zero-order valence-corrected chi connectivity index (χ0v) is 12.3. The Morgan fingerprint density at radius 1 is 1.45 bits per heavy atom. The van der Waals surface area contributed by atoms with Crippen molar-refractivity contribution in [2.75, 3.05) is 25.0 Å². The quantitative estimate of drug-likeness (QED) is 0.868. The van der Waals surface area contributed by atoms with Crippen molar-refractivity contribution in [1.82, 2.24) is 4.90 Å². The molecule has 20 heavy (non-hydrogen) atoms. The van der Waals surface area contributed by atoms with Crippen molar-refractivity contribution in [3.8, 4) is 0 Å². The second kappa shape index (κ2) is 6.75. The first kappa shape index (κ1) is 14.9. The van der Waals surface area contributed by atoms with Crippen molar-refractivity contribution >= 4 is 11.6 Å². The van der Waals surface area contributed by atoms with E-state index in [4.69, 9.17) is 5.11 Å². The molecule has 2 N–H and O–H groups in total. The number of likely N-dealkylation sites (tertiary alicyclic amines) is 1. The highest BCUT2D eigenvalue weighted by Gasteiger charge is 2.27. The molecule has 0 aliphatic carbocycles. The Kier molecular flexibility index (Phi) is 5.01. The lowest BCUT2D eigenvalue weighted by molar-refractivity contribution is 0.0785. The maximum atomic E-state index is 12.6. The number of para-hydroxylation sites is 1. The highest BCUT2D eigenvalue weighted by atomic mass is 16.3. The average molecular weight is 276 g/mol. The maximum absolute atomic E-state index is 12.6. The lowest BCUT2D eigenvalue weighted by atomic mass is 10.1. The average Bonchev–Trinajstić information content (AvgIpc) is 2.87. The number of aliphatic hydroxyl groups is 1. The first-order valence-corrected chi connectivity index (χ1v) is 7.37. The standard InChI is InChI=1S/C16H24N2O2/c1-12(2)17-15-6-4-3-5-14(15)16(20)18-9-7-13(11-18)8-10-19/h3-6,12-13,17,19H,7-11H2,1-2H3. The van der Waals surface area contributed by atoms with Gasteiger partial charge in [0.05, 0.1) is 5.56 Å². The van der Waals surface area contributed by atoms with Crippen LogP contribution in [0.1, 0.15) is 37.0 Å². The number of aliphatic hydroxyl groups excluding tert-OH is 1. The van der Waals surface area contributed by atoms with Gasteiger partial charge in [0.1, 0.15) is 0 Å². The van der Waals surface area contributed by atoms with Crippen molar-refractivity contribution in [3.63, 3.8) is 0 Å². The molecule has 4 heteroatoms. The van der Waals surface area contributed by atoms with Gasteiger partial charge in [-0.25, -0.2) is 0 Å². The van der Waals surface area contributed by atoms with Crippen LogP contribution in [0.25, 0.3) is 0 Å². The van der Waals surface area contributed by atoms with Crippen molar-refractivity contribution in [2.45, 2.75) is 32.7 Å². The van der Waals surface area contributed by atoms with Crippen LogP contribution in [0.2, 0.25) is 0 Å². The maximum Gasteiger partial charge on any atom is 0.255 e. The van der Waals surface area contributed by atoms with Gasteiger partial charge in [-0.15, -0.1) is 0 Å². The van der Waals surface area contributed by atoms with Gasteiger partial charge in [-0.05, 0) is 44.7 Å². The molecule has 4 nitrogen and oxygen atoms in total. The fourth-order valence-corrected chi connectivity index (χ4v) is 2.71. The largest absolute Gasteiger partial charge is 0.396 e. The summed E-state index contributed by atoms with van der Waals surface area (Å²) >= 11 is 0. The van der Waals surface area contributed by atoms with Gasteiger partial charge in [-0.1, -0.05) is 12.1 Å². The minimum atomic E-state index is 0.0918. The molecular weight excluding hydrogens is 252 g/mol. The number of hydrogen-bond acceptors (Lipinski definition) is 3. The second-order valence-electron chi connectivity index (χ2n) is 5.76. The van der Waals surface area contributed by atoms with Crippen molar-refractivity contribution in [1.29, 1.82) is 0 Å². The zero-order chi connectivity index (χ0) is 14.5. The summed E-state index contributed by atoms with van der Waals surface area (Å²) in [5, 5.41) is 12.3. The molecule has 0 saturated carbocycles. The number of benzene rings is 1. The van der Waals surface area contributed by atoms with E-state index < -0.39 is 0 Å². The van der Waals surface area contributed by atoms with Crippen LogP contribution >= 0.6 is 0 Å². The lowest BCUT2D eigenvalue weighted by Gasteiger charge is -2.20. The lowest BCUT2D eigenvalue weighted by Crippen LogP contribution is -2.29. The Hall–Kier alpha value is -1.55. The molecule has 1 heterocycles. The van der Waals surface area contributed by atoms with Gasteiger partial charge < -0.3 is 15.3 Å². The van der Waals surface area contributed by atoms with E-state index in [1.165, 1.54) is 0 Å². The molecule has 1 unspecified atom stereocenters. The van der Waals surface area contributed by atoms with Crippen LogP contribution in [0.4, 0.5) is 5.69 Å². The van der Waals surface area contributed by atoms with Crippen molar-refractivity contribution in [2.24, 2.45) is 5.92 Å². The third-order valence-corrected chi connectivity index (χ3v) is 3.71. The Labute approximate surface area is 120 Å². The Balaban J connectivity index is 2.10. The van der Waals surface area contributed by atoms with Gasteiger partial charge in [0, 0.05) is 31.4 Å². The summed E-state index contributed by atoms with van der Waals surface area (Å²) in [6.45, 7) is 5.88. The van der Waals surface area contributed by atoms with E-state index in [0.29, 0.717) is 12.0 Å². The Morgan fingerprint density at radius 2 is 2.20 bits per heavy atom. The first-order chi connectivity index (χ1) is 9.61. The third kappa shape index (κ3) is 3.51. The topological polar surface area (TPSA) is 52.6 Å². The number of nitrogens with zero attached hydrogens (tertiary/aromatic N) is 1. The summed E-state index contributed by atoms with van der Waals surface area (Å²) in [5.74, 6) is 0.531. The number of hydrogen-bond donors (Lipinski definition) is 2. The minimum absolute atomic E-state index is 0.0918.